The first-order chi connectivity index (χ1) is 18.3. The number of likely N-dealkylation sites (tertiary alicyclic amines) is 1. The molecular formula is C31H38Cl2F3N3O-2. The van der Waals surface area contributed by atoms with Crippen molar-refractivity contribution >= 4 is 5.91 Å². The van der Waals surface area contributed by atoms with E-state index in [-0.39, 0.29) is 78.6 Å². The van der Waals surface area contributed by atoms with Crippen LogP contribution in [0, 0.1) is 24.6 Å². The van der Waals surface area contributed by atoms with Crippen molar-refractivity contribution in [1.29, 1.82) is 0 Å². The topological polar surface area (TPSA) is 44.4 Å². The molecule has 0 aromatic heterocycles. The number of rotatable bonds is 3. The lowest BCUT2D eigenvalue weighted by Gasteiger charge is -2.48. The van der Waals surface area contributed by atoms with Gasteiger partial charge in [-0.15, -0.1) is 0 Å². The lowest BCUT2D eigenvalue weighted by Crippen LogP contribution is -3.00. The summed E-state index contributed by atoms with van der Waals surface area (Å²) in [5.74, 6) is -2.94. The molecule has 1 unspecified atom stereocenters. The minimum atomic E-state index is -2.63. The van der Waals surface area contributed by atoms with Gasteiger partial charge in [0.25, 0.3) is 0 Å². The molecule has 3 aliphatic heterocycles. The SMILES string of the molecule is Cc1ccc2c(c1)CNC[C@]21CNC[C@H]1C(=O)N1CCC(c2ccccc2F)C[C@H]1C1CCC(F)(F)CC1.[Cl-].[Cl-]. The van der Waals surface area contributed by atoms with Crippen LogP contribution < -0.4 is 35.4 Å². The molecule has 0 radical (unpaired) electrons. The number of nitrogens with one attached hydrogen (secondary N) is 2. The van der Waals surface area contributed by atoms with E-state index >= 15 is 0 Å². The zero-order valence-electron chi connectivity index (χ0n) is 22.9. The Bertz CT molecular complexity index is 1200. The van der Waals surface area contributed by atoms with E-state index in [4.69, 9.17) is 0 Å². The summed E-state index contributed by atoms with van der Waals surface area (Å²) in [7, 11) is 0. The molecule has 9 heteroatoms. The fraction of sp³-hybridized carbons (Fsp3) is 0.581. The van der Waals surface area contributed by atoms with E-state index in [2.05, 4.69) is 35.8 Å². The van der Waals surface area contributed by atoms with Crippen LogP contribution in [0.3, 0.4) is 0 Å². The second-order valence-electron chi connectivity index (χ2n) is 12.1. The van der Waals surface area contributed by atoms with E-state index in [0.29, 0.717) is 44.3 Å². The van der Waals surface area contributed by atoms with E-state index in [1.54, 1.807) is 6.07 Å². The van der Waals surface area contributed by atoms with E-state index in [1.165, 1.54) is 22.8 Å². The van der Waals surface area contributed by atoms with Crippen LogP contribution in [0.25, 0.3) is 0 Å². The summed E-state index contributed by atoms with van der Waals surface area (Å²) in [4.78, 5) is 16.5. The van der Waals surface area contributed by atoms with Crippen molar-refractivity contribution in [1.82, 2.24) is 15.5 Å². The number of carbonyl (C=O) groups is 1. The van der Waals surface area contributed by atoms with Gasteiger partial charge in [0.2, 0.25) is 11.8 Å². The number of carbonyl (C=O) groups excluding carboxylic acids is 1. The maximum Gasteiger partial charge on any atom is 0.248 e. The lowest BCUT2D eigenvalue weighted by molar-refractivity contribution is -0.144. The van der Waals surface area contributed by atoms with Gasteiger partial charge < -0.3 is 40.3 Å². The van der Waals surface area contributed by atoms with Gasteiger partial charge in [0.1, 0.15) is 5.82 Å². The number of hydrogen-bond acceptors (Lipinski definition) is 3. The predicted molar refractivity (Wildman–Crippen MR) is 142 cm³/mol. The molecule has 1 saturated carbocycles. The van der Waals surface area contributed by atoms with Gasteiger partial charge in [0.15, 0.2) is 0 Å². The van der Waals surface area contributed by atoms with Crippen molar-refractivity contribution in [3.05, 3.63) is 70.5 Å². The summed E-state index contributed by atoms with van der Waals surface area (Å²) in [6.45, 7) is 5.51. The van der Waals surface area contributed by atoms with Crippen molar-refractivity contribution in [3.8, 4) is 0 Å². The quantitative estimate of drug-likeness (QED) is 0.493. The highest BCUT2D eigenvalue weighted by molar-refractivity contribution is 5.82. The molecule has 2 N–H and O–H groups in total. The van der Waals surface area contributed by atoms with Gasteiger partial charge in [0.05, 0.1) is 5.92 Å². The maximum atomic E-state index is 14.8. The molecule has 40 heavy (non-hydrogen) atoms. The summed E-state index contributed by atoms with van der Waals surface area (Å²) < 4.78 is 43.0. The average molecular weight is 597 g/mol. The highest BCUT2D eigenvalue weighted by Crippen LogP contribution is 2.46. The monoisotopic (exact) mass is 595 g/mol. The van der Waals surface area contributed by atoms with E-state index in [1.807, 2.05) is 17.0 Å². The molecule has 2 saturated heterocycles. The third-order valence-electron chi connectivity index (χ3n) is 9.89. The molecular weight excluding hydrogens is 558 g/mol. The number of fused-ring (bicyclic) bond motifs is 2. The first-order valence-corrected chi connectivity index (χ1v) is 14.2. The molecule has 4 atom stereocenters. The number of nitrogens with zero attached hydrogens (tertiary/aromatic N) is 1. The predicted octanol–water partition coefficient (Wildman–Crippen LogP) is -0.697. The highest BCUT2D eigenvalue weighted by atomic mass is 35.5. The second-order valence-corrected chi connectivity index (χ2v) is 12.1. The Hall–Kier alpha value is -1.80. The fourth-order valence-corrected chi connectivity index (χ4v) is 7.87. The summed E-state index contributed by atoms with van der Waals surface area (Å²) in [5.41, 5.74) is 4.07. The van der Waals surface area contributed by atoms with Crippen LogP contribution >= 0.6 is 0 Å². The van der Waals surface area contributed by atoms with Crippen LogP contribution in [-0.2, 0) is 16.8 Å². The van der Waals surface area contributed by atoms with Crippen LogP contribution in [0.4, 0.5) is 13.2 Å². The summed E-state index contributed by atoms with van der Waals surface area (Å²) in [6, 6.07) is 13.3. The number of benzene rings is 2. The minimum absolute atomic E-state index is 0. The zero-order chi connectivity index (χ0) is 26.5. The number of hydrogen-bond donors (Lipinski definition) is 2. The molecule has 1 aliphatic carbocycles. The van der Waals surface area contributed by atoms with Crippen LogP contribution in [0.2, 0.25) is 0 Å². The molecule has 2 aromatic carbocycles. The summed E-state index contributed by atoms with van der Waals surface area (Å²) >= 11 is 0. The molecule has 4 nitrogen and oxygen atoms in total. The summed E-state index contributed by atoms with van der Waals surface area (Å²) in [5, 5.41) is 7.09. The minimum Gasteiger partial charge on any atom is -1.00 e. The number of amides is 1. The van der Waals surface area contributed by atoms with Gasteiger partial charge in [-0.2, -0.15) is 0 Å². The first-order valence-electron chi connectivity index (χ1n) is 14.2. The Labute approximate surface area is 247 Å². The Kier molecular flexibility index (Phi) is 9.50. The van der Waals surface area contributed by atoms with Crippen molar-refractivity contribution in [2.45, 2.75) is 75.3 Å². The Morgan fingerprint density at radius 3 is 2.48 bits per heavy atom. The van der Waals surface area contributed by atoms with Crippen molar-refractivity contribution in [2.24, 2.45) is 11.8 Å². The molecule has 3 heterocycles. The third kappa shape index (κ3) is 5.64. The van der Waals surface area contributed by atoms with Gasteiger partial charge in [-0.1, -0.05) is 42.0 Å². The number of aryl methyl sites for hydroxylation is 1. The van der Waals surface area contributed by atoms with Crippen molar-refractivity contribution in [2.75, 3.05) is 26.2 Å². The molecule has 2 aromatic rings. The maximum absolute atomic E-state index is 14.8. The molecule has 1 spiro atoms. The van der Waals surface area contributed by atoms with Crippen LogP contribution in [0.5, 0.6) is 0 Å². The molecule has 3 fully saturated rings. The highest BCUT2D eigenvalue weighted by Gasteiger charge is 2.53. The second kappa shape index (κ2) is 12.2. The zero-order valence-corrected chi connectivity index (χ0v) is 24.4. The standard InChI is InChI=1S/C31H38F3N3O.2ClH/c1-20-6-7-25-23(14-20)16-35-18-30(25)19-36-17-26(30)29(38)37-13-10-22(24-4-2-3-5-27(24)32)15-28(37)21-8-11-31(33,34)12-9-21;;/h2-7,14,21-22,26,28,35-36H,8-13,15-19H2,1H3;2*1H/p-2/t22?,26-,28-,30-;;/m0../s1. The average Bonchev–Trinajstić information content (AvgIpc) is 3.32. The Balaban J connectivity index is 0.00000185. The van der Waals surface area contributed by atoms with E-state index in [9.17, 15) is 18.0 Å². The van der Waals surface area contributed by atoms with Crippen LogP contribution in [0.15, 0.2) is 42.5 Å². The summed E-state index contributed by atoms with van der Waals surface area (Å²) in [6.07, 6.45) is 1.86. The van der Waals surface area contributed by atoms with E-state index in [0.717, 1.165) is 19.6 Å². The number of alkyl halides is 2. The number of halogens is 5. The van der Waals surface area contributed by atoms with Gasteiger partial charge in [0, 0.05) is 57.0 Å². The van der Waals surface area contributed by atoms with Crippen molar-refractivity contribution in [3.63, 3.8) is 0 Å². The van der Waals surface area contributed by atoms with Crippen molar-refractivity contribution < 1.29 is 42.8 Å². The normalized spacial score (nSPS) is 29.8. The van der Waals surface area contributed by atoms with Crippen LogP contribution in [-0.4, -0.2) is 49.0 Å². The molecule has 4 aliphatic rings. The number of piperidine rings is 1. The third-order valence-corrected chi connectivity index (χ3v) is 9.89. The molecule has 1 amide bonds. The smallest absolute Gasteiger partial charge is 0.248 e. The van der Waals surface area contributed by atoms with Gasteiger partial charge >= 0.3 is 0 Å². The van der Waals surface area contributed by atoms with E-state index < -0.39 is 5.92 Å². The first kappa shape index (κ1) is 31.1. The lowest BCUT2D eigenvalue weighted by atomic mass is 9.67. The Morgan fingerprint density at radius 2 is 1.73 bits per heavy atom. The fourth-order valence-electron chi connectivity index (χ4n) is 7.87. The van der Waals surface area contributed by atoms with Crippen LogP contribution in [0.1, 0.15) is 66.7 Å². The molecule has 220 valence electrons. The Morgan fingerprint density at radius 1 is 1.00 bits per heavy atom. The largest absolute Gasteiger partial charge is 1.00 e. The molecule has 0 bridgehead atoms. The van der Waals surface area contributed by atoms with Gasteiger partial charge in [-0.3, -0.25) is 4.79 Å². The molecule has 6 rings (SSSR count). The van der Waals surface area contributed by atoms with Gasteiger partial charge in [-0.05, 0) is 67.2 Å². The van der Waals surface area contributed by atoms with Gasteiger partial charge in [-0.25, -0.2) is 13.2 Å².